The van der Waals surface area contributed by atoms with Crippen LogP contribution in [0.25, 0.3) is 0 Å². The van der Waals surface area contributed by atoms with Crippen LogP contribution in [0.1, 0.15) is 0 Å². The maximum absolute atomic E-state index is 6.14. The molecule has 0 radical (unpaired) electrons. The van der Waals surface area contributed by atoms with Crippen molar-refractivity contribution in [2.45, 2.75) is 51.5 Å². The summed E-state index contributed by atoms with van der Waals surface area (Å²) in [6.07, 6.45) is 8.53. The molecule has 0 aliphatic heterocycles. The zero-order chi connectivity index (χ0) is 12.4. The molecule has 0 amide bonds. The molecule has 1 aliphatic carbocycles. The van der Waals surface area contributed by atoms with Gasteiger partial charge < -0.3 is 8.85 Å². The lowest BCUT2D eigenvalue weighted by Gasteiger charge is -2.34. The first-order chi connectivity index (χ1) is 7.17. The maximum atomic E-state index is 6.14. The quantitative estimate of drug-likeness (QED) is 0.716. The molecule has 0 aromatic heterocycles. The van der Waals surface area contributed by atoms with E-state index in [9.17, 15) is 0 Å². The van der Waals surface area contributed by atoms with E-state index in [4.69, 9.17) is 8.85 Å². The molecule has 0 fully saturated rings. The summed E-state index contributed by atoms with van der Waals surface area (Å²) in [5, 5.41) is 0. The van der Waals surface area contributed by atoms with Crippen molar-refractivity contribution < 1.29 is 8.85 Å². The smallest absolute Gasteiger partial charge is 0.184 e. The molecule has 2 nitrogen and oxygen atoms in total. The number of rotatable bonds is 4. The molecule has 0 aromatic carbocycles. The third-order valence-corrected chi connectivity index (χ3v) is 3.97. The summed E-state index contributed by atoms with van der Waals surface area (Å²) in [6.45, 7) is 13.3. The molecule has 1 rings (SSSR count). The van der Waals surface area contributed by atoms with E-state index in [-0.39, 0.29) is 12.2 Å². The van der Waals surface area contributed by atoms with Crippen LogP contribution in [0.4, 0.5) is 0 Å². The van der Waals surface area contributed by atoms with Crippen molar-refractivity contribution >= 4 is 16.6 Å². The molecule has 0 saturated carbocycles. The highest BCUT2D eigenvalue weighted by Gasteiger charge is 2.29. The second kappa shape index (κ2) is 5.00. The molecule has 0 spiro atoms. The molecular weight excluding hydrogens is 232 g/mol. The predicted octanol–water partition coefficient (Wildman–Crippen LogP) is 3.55. The van der Waals surface area contributed by atoms with Gasteiger partial charge in [-0.1, -0.05) is 24.3 Å². The highest BCUT2D eigenvalue weighted by molar-refractivity contribution is 6.70. The van der Waals surface area contributed by atoms with E-state index in [0.717, 1.165) is 0 Å². The molecule has 0 bridgehead atoms. The van der Waals surface area contributed by atoms with Gasteiger partial charge in [0.1, 0.15) is 0 Å². The van der Waals surface area contributed by atoms with Crippen molar-refractivity contribution in [3.8, 4) is 0 Å². The van der Waals surface area contributed by atoms with E-state index < -0.39 is 16.6 Å². The summed E-state index contributed by atoms with van der Waals surface area (Å²) in [7, 11) is -3.02. The standard InChI is InChI=1S/C12H24O2Si2/c1-15(2,3)13-11-9-7-8-10-12(11)14-16(4,5)6/h7-12H,1-6H3. The summed E-state index contributed by atoms with van der Waals surface area (Å²) in [4.78, 5) is 0. The largest absolute Gasteiger partial charge is 0.408 e. The second-order valence-corrected chi connectivity index (χ2v) is 15.1. The van der Waals surface area contributed by atoms with Crippen molar-refractivity contribution in [2.75, 3.05) is 0 Å². The summed E-state index contributed by atoms with van der Waals surface area (Å²) < 4.78 is 12.3. The van der Waals surface area contributed by atoms with Gasteiger partial charge in [-0.2, -0.15) is 0 Å². The summed E-state index contributed by atoms with van der Waals surface area (Å²) in [5.74, 6) is 0. The molecule has 0 N–H and O–H groups in total. The van der Waals surface area contributed by atoms with Gasteiger partial charge in [-0.25, -0.2) is 0 Å². The average Bonchev–Trinajstić information content (AvgIpc) is 2.03. The molecule has 2 unspecified atom stereocenters. The Balaban J connectivity index is 2.67. The Morgan fingerprint density at radius 3 is 1.25 bits per heavy atom. The van der Waals surface area contributed by atoms with Crippen LogP contribution in [-0.2, 0) is 8.85 Å². The van der Waals surface area contributed by atoms with Gasteiger partial charge in [0.05, 0.1) is 12.2 Å². The minimum absolute atomic E-state index is 0.100. The second-order valence-electron chi connectivity index (χ2n) is 6.16. The van der Waals surface area contributed by atoms with Gasteiger partial charge in [0.15, 0.2) is 16.6 Å². The lowest BCUT2D eigenvalue weighted by molar-refractivity contribution is 0.103. The van der Waals surface area contributed by atoms with Crippen molar-refractivity contribution in [2.24, 2.45) is 0 Å². The molecule has 1 aliphatic rings. The SMILES string of the molecule is C[Si](C)(C)OC1C=CC=CC1O[Si](C)(C)C. The maximum Gasteiger partial charge on any atom is 0.184 e. The Kier molecular flexibility index (Phi) is 4.34. The van der Waals surface area contributed by atoms with Crippen LogP contribution in [-0.4, -0.2) is 28.8 Å². The van der Waals surface area contributed by atoms with Crippen LogP contribution in [0.3, 0.4) is 0 Å². The van der Waals surface area contributed by atoms with Crippen molar-refractivity contribution in [1.82, 2.24) is 0 Å². The van der Waals surface area contributed by atoms with Crippen LogP contribution in [0.5, 0.6) is 0 Å². The first-order valence-electron chi connectivity index (χ1n) is 5.88. The zero-order valence-corrected chi connectivity index (χ0v) is 13.3. The van der Waals surface area contributed by atoms with Crippen LogP contribution in [0, 0.1) is 0 Å². The molecule has 16 heavy (non-hydrogen) atoms. The van der Waals surface area contributed by atoms with Crippen LogP contribution < -0.4 is 0 Å². The van der Waals surface area contributed by atoms with Crippen LogP contribution >= 0.6 is 0 Å². The van der Waals surface area contributed by atoms with Crippen molar-refractivity contribution in [3.05, 3.63) is 24.3 Å². The molecule has 0 heterocycles. The number of hydrogen-bond donors (Lipinski definition) is 0. The fourth-order valence-corrected chi connectivity index (χ4v) is 3.65. The first-order valence-corrected chi connectivity index (χ1v) is 12.7. The molecule has 0 aromatic rings. The van der Waals surface area contributed by atoms with Crippen molar-refractivity contribution in [1.29, 1.82) is 0 Å². The lowest BCUT2D eigenvalue weighted by Crippen LogP contribution is -2.43. The lowest BCUT2D eigenvalue weighted by atomic mass is 10.1. The minimum atomic E-state index is -1.51. The van der Waals surface area contributed by atoms with E-state index in [1.165, 1.54) is 0 Å². The number of allylic oxidation sites excluding steroid dienone is 2. The van der Waals surface area contributed by atoms with E-state index in [0.29, 0.717) is 0 Å². The first kappa shape index (κ1) is 13.9. The van der Waals surface area contributed by atoms with Gasteiger partial charge in [-0.05, 0) is 39.3 Å². The zero-order valence-electron chi connectivity index (χ0n) is 11.3. The average molecular weight is 256 g/mol. The molecule has 0 saturated heterocycles. The van der Waals surface area contributed by atoms with Crippen LogP contribution in [0.15, 0.2) is 24.3 Å². The minimum Gasteiger partial charge on any atom is -0.408 e. The third-order valence-electron chi connectivity index (χ3n) is 2.02. The van der Waals surface area contributed by atoms with E-state index in [1.54, 1.807) is 0 Å². The van der Waals surface area contributed by atoms with Gasteiger partial charge in [-0.15, -0.1) is 0 Å². The molecule has 4 heteroatoms. The van der Waals surface area contributed by atoms with E-state index in [1.807, 2.05) is 0 Å². The summed E-state index contributed by atoms with van der Waals surface area (Å²) >= 11 is 0. The summed E-state index contributed by atoms with van der Waals surface area (Å²) in [6, 6.07) is 0. The highest BCUT2D eigenvalue weighted by atomic mass is 28.4. The molecule has 2 atom stereocenters. The van der Waals surface area contributed by atoms with Crippen LogP contribution in [0.2, 0.25) is 39.3 Å². The predicted molar refractivity (Wildman–Crippen MR) is 74.7 cm³/mol. The Bertz CT molecular complexity index is 254. The molecule has 92 valence electrons. The van der Waals surface area contributed by atoms with Gasteiger partial charge in [-0.3, -0.25) is 0 Å². The molecular formula is C12H24O2Si2. The van der Waals surface area contributed by atoms with Gasteiger partial charge in [0.2, 0.25) is 0 Å². The highest BCUT2D eigenvalue weighted by Crippen LogP contribution is 2.21. The van der Waals surface area contributed by atoms with E-state index in [2.05, 4.69) is 63.6 Å². The Morgan fingerprint density at radius 1 is 0.688 bits per heavy atom. The third kappa shape index (κ3) is 5.25. The monoisotopic (exact) mass is 256 g/mol. The van der Waals surface area contributed by atoms with Crippen molar-refractivity contribution in [3.63, 3.8) is 0 Å². The Morgan fingerprint density at radius 2 is 1.00 bits per heavy atom. The topological polar surface area (TPSA) is 18.5 Å². The Hall–Kier alpha value is -0.166. The van der Waals surface area contributed by atoms with Gasteiger partial charge >= 0.3 is 0 Å². The normalized spacial score (nSPS) is 26.1. The number of hydrogen-bond acceptors (Lipinski definition) is 2. The Labute approximate surface area is 102 Å². The van der Waals surface area contributed by atoms with Gasteiger partial charge in [0, 0.05) is 0 Å². The fraction of sp³-hybridized carbons (Fsp3) is 0.667. The fourth-order valence-electron chi connectivity index (χ4n) is 1.60. The summed E-state index contributed by atoms with van der Waals surface area (Å²) in [5.41, 5.74) is 0. The van der Waals surface area contributed by atoms with E-state index >= 15 is 0 Å². The van der Waals surface area contributed by atoms with Gasteiger partial charge in [0.25, 0.3) is 0 Å².